The van der Waals surface area contributed by atoms with Crippen LogP contribution in [0, 0.1) is 0 Å². The summed E-state index contributed by atoms with van der Waals surface area (Å²) in [7, 11) is 0. The number of hydrogen-bond donors (Lipinski definition) is 1. The molecular formula is C14H11N3S. The Bertz CT molecular complexity index is 620. The average molecular weight is 253 g/mol. The number of anilines is 2. The molecule has 1 aromatic carbocycles. The minimum Gasteiger partial charge on any atom is -0.332 e. The van der Waals surface area contributed by atoms with Gasteiger partial charge in [0.2, 0.25) is 0 Å². The van der Waals surface area contributed by atoms with E-state index in [9.17, 15) is 0 Å². The molecule has 3 nitrogen and oxygen atoms in total. The molecule has 0 bridgehead atoms. The van der Waals surface area contributed by atoms with Crippen molar-refractivity contribution in [3.63, 3.8) is 0 Å². The first-order valence-corrected chi connectivity index (χ1v) is 6.48. The van der Waals surface area contributed by atoms with Crippen molar-refractivity contribution in [2.75, 3.05) is 5.32 Å². The van der Waals surface area contributed by atoms with Crippen LogP contribution in [0.4, 0.5) is 10.8 Å². The SMILES string of the molecule is c1ccc(Nc2nc(-c3cccnc3)cs2)cc1. The molecule has 0 fully saturated rings. The van der Waals surface area contributed by atoms with E-state index in [-0.39, 0.29) is 0 Å². The van der Waals surface area contributed by atoms with Crippen molar-refractivity contribution in [2.24, 2.45) is 0 Å². The van der Waals surface area contributed by atoms with Crippen LogP contribution in [0.2, 0.25) is 0 Å². The topological polar surface area (TPSA) is 37.8 Å². The van der Waals surface area contributed by atoms with Crippen LogP contribution in [-0.4, -0.2) is 9.97 Å². The summed E-state index contributed by atoms with van der Waals surface area (Å²) in [6, 6.07) is 14.0. The molecule has 0 saturated heterocycles. The normalized spacial score (nSPS) is 10.2. The van der Waals surface area contributed by atoms with E-state index in [2.05, 4.69) is 15.3 Å². The summed E-state index contributed by atoms with van der Waals surface area (Å²) in [6.07, 6.45) is 3.58. The van der Waals surface area contributed by atoms with Crippen molar-refractivity contribution < 1.29 is 0 Å². The van der Waals surface area contributed by atoms with Crippen LogP contribution in [0.1, 0.15) is 0 Å². The first-order chi connectivity index (χ1) is 8.92. The lowest BCUT2D eigenvalue weighted by molar-refractivity contribution is 1.30. The Morgan fingerprint density at radius 3 is 2.67 bits per heavy atom. The van der Waals surface area contributed by atoms with Gasteiger partial charge >= 0.3 is 0 Å². The van der Waals surface area contributed by atoms with Gasteiger partial charge in [0, 0.05) is 29.0 Å². The summed E-state index contributed by atoms with van der Waals surface area (Å²) in [5.74, 6) is 0. The van der Waals surface area contributed by atoms with Crippen LogP contribution in [0.5, 0.6) is 0 Å². The van der Waals surface area contributed by atoms with Crippen LogP contribution >= 0.6 is 11.3 Å². The van der Waals surface area contributed by atoms with Gasteiger partial charge in [0.1, 0.15) is 0 Å². The second-order valence-electron chi connectivity index (χ2n) is 3.77. The van der Waals surface area contributed by atoms with Gasteiger partial charge in [-0.05, 0) is 24.3 Å². The van der Waals surface area contributed by atoms with Gasteiger partial charge in [-0.25, -0.2) is 4.98 Å². The lowest BCUT2D eigenvalue weighted by Crippen LogP contribution is -1.88. The van der Waals surface area contributed by atoms with E-state index in [0.29, 0.717) is 0 Å². The van der Waals surface area contributed by atoms with Crippen LogP contribution in [-0.2, 0) is 0 Å². The van der Waals surface area contributed by atoms with Crippen molar-refractivity contribution in [1.29, 1.82) is 0 Å². The maximum absolute atomic E-state index is 4.54. The molecule has 2 heterocycles. The Kier molecular flexibility index (Phi) is 3.02. The maximum atomic E-state index is 4.54. The standard InChI is InChI=1S/C14H11N3S/c1-2-6-12(7-3-1)16-14-17-13(10-18-14)11-5-4-8-15-9-11/h1-10H,(H,16,17). The highest BCUT2D eigenvalue weighted by atomic mass is 32.1. The highest BCUT2D eigenvalue weighted by Crippen LogP contribution is 2.26. The van der Waals surface area contributed by atoms with Gasteiger partial charge in [0.15, 0.2) is 5.13 Å². The summed E-state index contributed by atoms with van der Waals surface area (Å²) in [6.45, 7) is 0. The summed E-state index contributed by atoms with van der Waals surface area (Å²) >= 11 is 1.59. The summed E-state index contributed by atoms with van der Waals surface area (Å²) in [5, 5.41) is 6.20. The zero-order valence-electron chi connectivity index (χ0n) is 9.58. The molecule has 0 unspecified atom stereocenters. The van der Waals surface area contributed by atoms with E-state index in [1.807, 2.05) is 54.0 Å². The first kappa shape index (κ1) is 10.9. The van der Waals surface area contributed by atoms with Crippen molar-refractivity contribution in [2.45, 2.75) is 0 Å². The van der Waals surface area contributed by atoms with Gasteiger partial charge in [0.05, 0.1) is 5.69 Å². The monoisotopic (exact) mass is 253 g/mol. The number of para-hydroxylation sites is 1. The molecule has 3 aromatic rings. The number of nitrogens with zero attached hydrogens (tertiary/aromatic N) is 2. The minimum atomic E-state index is 0.889. The molecular weight excluding hydrogens is 242 g/mol. The molecule has 0 atom stereocenters. The number of rotatable bonds is 3. The van der Waals surface area contributed by atoms with Gasteiger partial charge in [-0.1, -0.05) is 18.2 Å². The fourth-order valence-electron chi connectivity index (χ4n) is 1.62. The second kappa shape index (κ2) is 4.98. The van der Waals surface area contributed by atoms with E-state index in [4.69, 9.17) is 0 Å². The van der Waals surface area contributed by atoms with E-state index in [1.54, 1.807) is 17.5 Å². The Balaban J connectivity index is 1.82. The Morgan fingerprint density at radius 1 is 1.00 bits per heavy atom. The van der Waals surface area contributed by atoms with Gasteiger partial charge in [-0.15, -0.1) is 11.3 Å². The number of hydrogen-bond acceptors (Lipinski definition) is 4. The van der Waals surface area contributed by atoms with Crippen LogP contribution in [0.25, 0.3) is 11.3 Å². The van der Waals surface area contributed by atoms with E-state index >= 15 is 0 Å². The molecule has 2 aromatic heterocycles. The fourth-order valence-corrected chi connectivity index (χ4v) is 2.36. The smallest absolute Gasteiger partial charge is 0.187 e. The third kappa shape index (κ3) is 2.38. The zero-order chi connectivity index (χ0) is 12.2. The Morgan fingerprint density at radius 2 is 1.89 bits per heavy atom. The van der Waals surface area contributed by atoms with Crippen LogP contribution < -0.4 is 5.32 Å². The minimum absolute atomic E-state index is 0.889. The number of pyridine rings is 1. The summed E-state index contributed by atoms with van der Waals surface area (Å²) in [4.78, 5) is 8.64. The molecule has 0 spiro atoms. The molecule has 0 radical (unpaired) electrons. The molecule has 0 amide bonds. The molecule has 3 rings (SSSR count). The van der Waals surface area contributed by atoms with Crippen LogP contribution in [0.15, 0.2) is 60.2 Å². The molecule has 0 saturated carbocycles. The predicted molar refractivity (Wildman–Crippen MR) is 75.1 cm³/mol. The zero-order valence-corrected chi connectivity index (χ0v) is 10.4. The van der Waals surface area contributed by atoms with Crippen molar-refractivity contribution in [1.82, 2.24) is 9.97 Å². The van der Waals surface area contributed by atoms with Crippen molar-refractivity contribution >= 4 is 22.2 Å². The molecule has 18 heavy (non-hydrogen) atoms. The Labute approximate surface area is 109 Å². The second-order valence-corrected chi connectivity index (χ2v) is 4.63. The van der Waals surface area contributed by atoms with E-state index in [0.717, 1.165) is 22.1 Å². The number of thiazole rings is 1. The van der Waals surface area contributed by atoms with Gasteiger partial charge in [-0.3, -0.25) is 4.98 Å². The maximum Gasteiger partial charge on any atom is 0.187 e. The average Bonchev–Trinajstić information content (AvgIpc) is 2.89. The number of benzene rings is 1. The summed E-state index contributed by atoms with van der Waals surface area (Å²) in [5.41, 5.74) is 3.03. The van der Waals surface area contributed by atoms with Crippen molar-refractivity contribution in [3.05, 3.63) is 60.2 Å². The third-order valence-corrected chi connectivity index (χ3v) is 3.24. The largest absolute Gasteiger partial charge is 0.332 e. The number of nitrogens with one attached hydrogen (secondary N) is 1. The van der Waals surface area contributed by atoms with Crippen molar-refractivity contribution in [3.8, 4) is 11.3 Å². The molecule has 0 aliphatic rings. The fraction of sp³-hybridized carbons (Fsp3) is 0. The van der Waals surface area contributed by atoms with Gasteiger partial charge in [-0.2, -0.15) is 0 Å². The van der Waals surface area contributed by atoms with E-state index < -0.39 is 0 Å². The summed E-state index contributed by atoms with van der Waals surface area (Å²) < 4.78 is 0. The van der Waals surface area contributed by atoms with E-state index in [1.165, 1.54) is 0 Å². The third-order valence-electron chi connectivity index (χ3n) is 2.49. The van der Waals surface area contributed by atoms with Gasteiger partial charge < -0.3 is 5.32 Å². The molecule has 1 N–H and O–H groups in total. The van der Waals surface area contributed by atoms with Crippen LogP contribution in [0.3, 0.4) is 0 Å². The lowest BCUT2D eigenvalue weighted by Gasteiger charge is -2.00. The molecule has 0 aliphatic carbocycles. The molecule has 4 heteroatoms. The molecule has 88 valence electrons. The Hall–Kier alpha value is -2.20. The molecule has 0 aliphatic heterocycles. The highest BCUT2D eigenvalue weighted by molar-refractivity contribution is 7.14. The first-order valence-electron chi connectivity index (χ1n) is 5.60. The quantitative estimate of drug-likeness (QED) is 0.768. The van der Waals surface area contributed by atoms with Gasteiger partial charge in [0.25, 0.3) is 0 Å². The number of aromatic nitrogens is 2. The lowest BCUT2D eigenvalue weighted by atomic mass is 10.2. The predicted octanol–water partition coefficient (Wildman–Crippen LogP) is 3.95. The highest BCUT2D eigenvalue weighted by Gasteiger charge is 2.04.